The third-order valence-electron chi connectivity index (χ3n) is 3.75. The second-order valence-corrected chi connectivity index (χ2v) is 4.87. The van der Waals surface area contributed by atoms with Gasteiger partial charge >= 0.3 is 0 Å². The van der Waals surface area contributed by atoms with Crippen LogP contribution in [0.5, 0.6) is 0 Å². The van der Waals surface area contributed by atoms with Gasteiger partial charge in [0.05, 0.1) is 7.11 Å². The summed E-state index contributed by atoms with van der Waals surface area (Å²) in [4.78, 5) is 24.1. The van der Waals surface area contributed by atoms with Crippen molar-refractivity contribution >= 4 is 11.6 Å². The highest BCUT2D eigenvalue weighted by atomic mass is 16.5. The Hall–Kier alpha value is -1.38. The molecular weight excluding hydrogens is 204 g/mol. The van der Waals surface area contributed by atoms with Crippen molar-refractivity contribution in [2.45, 2.75) is 26.7 Å². The minimum atomic E-state index is -0.601. The molecule has 0 unspecified atom stereocenters. The third kappa shape index (κ3) is 1.42. The number of carbonyl (C=O) groups is 2. The number of fused-ring (bicyclic) bond motifs is 1. The van der Waals surface area contributed by atoms with E-state index in [0.717, 1.165) is 0 Å². The van der Waals surface area contributed by atoms with Gasteiger partial charge in [0.25, 0.3) is 0 Å². The van der Waals surface area contributed by atoms with Gasteiger partial charge in [-0.2, -0.15) is 0 Å². The first kappa shape index (κ1) is 11.1. The van der Waals surface area contributed by atoms with E-state index in [9.17, 15) is 9.59 Å². The monoisotopic (exact) mass is 220 g/mol. The van der Waals surface area contributed by atoms with E-state index in [4.69, 9.17) is 4.74 Å². The number of ether oxygens (including phenoxy) is 1. The largest absolute Gasteiger partial charge is 0.493 e. The number of ketones is 2. The molecule has 0 amide bonds. The second kappa shape index (κ2) is 3.58. The number of Topliss-reactive ketones (excluding diaryl/α,β-unsaturated/α-hetero) is 1. The molecule has 2 rings (SSSR count). The van der Waals surface area contributed by atoms with Crippen molar-refractivity contribution < 1.29 is 14.3 Å². The normalized spacial score (nSPS) is 34.1. The molecule has 2 aliphatic carbocycles. The van der Waals surface area contributed by atoms with Crippen LogP contribution in [-0.4, -0.2) is 18.7 Å². The number of hydrogen-bond donors (Lipinski definition) is 0. The van der Waals surface area contributed by atoms with E-state index in [1.54, 1.807) is 0 Å². The third-order valence-corrected chi connectivity index (χ3v) is 3.75. The lowest BCUT2D eigenvalue weighted by atomic mass is 9.61. The molecule has 0 radical (unpaired) electrons. The van der Waals surface area contributed by atoms with Gasteiger partial charge in [-0.3, -0.25) is 9.59 Å². The highest BCUT2D eigenvalue weighted by Crippen LogP contribution is 2.45. The second-order valence-electron chi connectivity index (χ2n) is 4.87. The Labute approximate surface area is 95.2 Å². The van der Waals surface area contributed by atoms with Gasteiger partial charge in [0.2, 0.25) is 5.78 Å². The number of methoxy groups -OCH3 is 1. The average molecular weight is 220 g/mol. The summed E-state index contributed by atoms with van der Waals surface area (Å²) < 4.78 is 4.98. The number of hydrogen-bond acceptors (Lipinski definition) is 3. The summed E-state index contributed by atoms with van der Waals surface area (Å²) in [6.07, 6.45) is 4.73. The van der Waals surface area contributed by atoms with Crippen LogP contribution in [0.4, 0.5) is 0 Å². The summed E-state index contributed by atoms with van der Waals surface area (Å²) in [7, 11) is 1.44. The first-order valence-corrected chi connectivity index (χ1v) is 5.49. The zero-order valence-electron chi connectivity index (χ0n) is 9.87. The lowest BCUT2D eigenvalue weighted by Gasteiger charge is -2.40. The molecule has 2 aliphatic rings. The fraction of sp³-hybridized carbons (Fsp3) is 0.538. The van der Waals surface area contributed by atoms with Crippen LogP contribution in [0.15, 0.2) is 23.5 Å². The molecule has 0 spiro atoms. The Balaban J connectivity index is 2.46. The van der Waals surface area contributed by atoms with Crippen LogP contribution >= 0.6 is 0 Å². The van der Waals surface area contributed by atoms with Gasteiger partial charge < -0.3 is 4.74 Å². The van der Waals surface area contributed by atoms with Crippen LogP contribution in [0.3, 0.4) is 0 Å². The molecule has 0 aliphatic heterocycles. The lowest BCUT2D eigenvalue weighted by molar-refractivity contribution is -0.139. The van der Waals surface area contributed by atoms with Crippen LogP contribution in [0, 0.1) is 11.3 Å². The van der Waals surface area contributed by atoms with Crippen molar-refractivity contribution in [2.24, 2.45) is 11.3 Å². The Morgan fingerprint density at radius 1 is 1.44 bits per heavy atom. The zero-order chi connectivity index (χ0) is 11.9. The summed E-state index contributed by atoms with van der Waals surface area (Å²) in [5, 5.41) is 0. The summed E-state index contributed by atoms with van der Waals surface area (Å²) in [6, 6.07) is 0. The van der Waals surface area contributed by atoms with Gasteiger partial charge in [0, 0.05) is 17.4 Å². The van der Waals surface area contributed by atoms with Crippen LogP contribution in [0.1, 0.15) is 26.7 Å². The summed E-state index contributed by atoms with van der Waals surface area (Å²) in [5.41, 5.74) is 0.592. The molecule has 0 saturated carbocycles. The molecule has 2 atom stereocenters. The highest BCUT2D eigenvalue weighted by molar-refractivity contribution is 6.11. The molecule has 0 aromatic carbocycles. The lowest BCUT2D eigenvalue weighted by Crippen LogP contribution is -2.45. The van der Waals surface area contributed by atoms with Crippen LogP contribution in [-0.2, 0) is 14.3 Å². The van der Waals surface area contributed by atoms with Crippen molar-refractivity contribution in [1.82, 2.24) is 0 Å². The van der Waals surface area contributed by atoms with Crippen molar-refractivity contribution in [1.29, 1.82) is 0 Å². The van der Waals surface area contributed by atoms with Gasteiger partial charge in [0.1, 0.15) is 0 Å². The number of carbonyl (C=O) groups excluding carboxylic acids is 2. The summed E-state index contributed by atoms with van der Waals surface area (Å²) in [5.74, 6) is -0.0182. The molecule has 3 heteroatoms. The Morgan fingerprint density at radius 2 is 2.12 bits per heavy atom. The van der Waals surface area contributed by atoms with E-state index in [2.05, 4.69) is 6.08 Å². The van der Waals surface area contributed by atoms with Gasteiger partial charge in [-0.05, 0) is 19.8 Å². The molecule has 0 N–H and O–H groups in total. The molecule has 0 aromatic heterocycles. The number of allylic oxidation sites excluding steroid dienone is 4. The van der Waals surface area contributed by atoms with E-state index in [1.807, 2.05) is 13.8 Å². The van der Waals surface area contributed by atoms with Gasteiger partial charge in [-0.25, -0.2) is 0 Å². The van der Waals surface area contributed by atoms with Gasteiger partial charge in [0.15, 0.2) is 11.5 Å². The minimum Gasteiger partial charge on any atom is -0.493 e. The van der Waals surface area contributed by atoms with E-state index in [1.165, 1.54) is 18.8 Å². The molecule has 16 heavy (non-hydrogen) atoms. The van der Waals surface area contributed by atoms with E-state index >= 15 is 0 Å². The highest BCUT2D eigenvalue weighted by Gasteiger charge is 2.49. The average Bonchev–Trinajstić information content (AvgIpc) is 2.26. The molecule has 0 aromatic rings. The molecule has 0 saturated heterocycles. The summed E-state index contributed by atoms with van der Waals surface area (Å²) >= 11 is 0. The predicted octanol–water partition coefficient (Wildman–Crippen LogP) is 2.03. The zero-order valence-corrected chi connectivity index (χ0v) is 9.87. The maximum Gasteiger partial charge on any atom is 0.204 e. The standard InChI is InChI=1S/C13H16O3/c1-8-4-5-13(2)9(6-8)10(14)7-11(16-3)12(13)15/h4,7,9H,5-6H2,1-3H3/t9-,13-/m0/s1. The Kier molecular flexibility index (Phi) is 2.49. The SMILES string of the molecule is COC1=CC(=O)[C@@H]2CC(C)=CC[C@]2(C)C1=O. The Bertz CT molecular complexity index is 417. The Morgan fingerprint density at radius 3 is 2.75 bits per heavy atom. The molecule has 86 valence electrons. The molecule has 0 bridgehead atoms. The van der Waals surface area contributed by atoms with Crippen LogP contribution < -0.4 is 0 Å². The van der Waals surface area contributed by atoms with E-state index in [-0.39, 0.29) is 23.2 Å². The first-order chi connectivity index (χ1) is 7.49. The van der Waals surface area contributed by atoms with E-state index < -0.39 is 5.41 Å². The van der Waals surface area contributed by atoms with Gasteiger partial charge in [-0.1, -0.05) is 18.6 Å². The van der Waals surface area contributed by atoms with Crippen molar-refractivity contribution in [3.05, 3.63) is 23.5 Å². The fourth-order valence-corrected chi connectivity index (χ4v) is 2.55. The molecule has 3 nitrogen and oxygen atoms in total. The molecular formula is C13H16O3. The van der Waals surface area contributed by atoms with Crippen molar-refractivity contribution in [2.75, 3.05) is 7.11 Å². The molecule has 0 heterocycles. The maximum atomic E-state index is 12.2. The van der Waals surface area contributed by atoms with Crippen LogP contribution in [0.2, 0.25) is 0 Å². The first-order valence-electron chi connectivity index (χ1n) is 5.49. The smallest absolute Gasteiger partial charge is 0.204 e. The minimum absolute atomic E-state index is 0.0198. The van der Waals surface area contributed by atoms with Crippen molar-refractivity contribution in [3.8, 4) is 0 Å². The molecule has 0 fully saturated rings. The van der Waals surface area contributed by atoms with Gasteiger partial charge in [-0.15, -0.1) is 0 Å². The fourth-order valence-electron chi connectivity index (χ4n) is 2.55. The van der Waals surface area contributed by atoms with Crippen molar-refractivity contribution in [3.63, 3.8) is 0 Å². The van der Waals surface area contributed by atoms with E-state index in [0.29, 0.717) is 12.8 Å². The maximum absolute atomic E-state index is 12.2. The number of rotatable bonds is 1. The quantitative estimate of drug-likeness (QED) is 0.635. The topological polar surface area (TPSA) is 43.4 Å². The predicted molar refractivity (Wildman–Crippen MR) is 59.7 cm³/mol. The summed E-state index contributed by atoms with van der Waals surface area (Å²) in [6.45, 7) is 3.87. The van der Waals surface area contributed by atoms with Crippen LogP contribution in [0.25, 0.3) is 0 Å².